The van der Waals surface area contributed by atoms with Crippen LogP contribution in [-0.4, -0.2) is 11.5 Å². The van der Waals surface area contributed by atoms with Crippen molar-refractivity contribution >= 4 is 22.9 Å². The van der Waals surface area contributed by atoms with Crippen molar-refractivity contribution in [2.24, 2.45) is 0 Å². The fourth-order valence-corrected chi connectivity index (χ4v) is 3.66. The molecule has 21 heavy (non-hydrogen) atoms. The zero-order valence-electron chi connectivity index (χ0n) is 12.5. The van der Waals surface area contributed by atoms with Crippen LogP contribution in [0.2, 0.25) is 5.02 Å². The minimum Gasteiger partial charge on any atom is -0.304 e. The summed E-state index contributed by atoms with van der Waals surface area (Å²) >= 11 is 7.84. The van der Waals surface area contributed by atoms with Crippen LogP contribution in [0.15, 0.2) is 18.2 Å². The SMILES string of the molecule is CCCNC(c1nc(CC)c(C)s1)c1c(F)cccc1Cl. The van der Waals surface area contributed by atoms with Crippen LogP contribution in [-0.2, 0) is 6.42 Å². The van der Waals surface area contributed by atoms with E-state index < -0.39 is 0 Å². The summed E-state index contributed by atoms with van der Waals surface area (Å²) in [6, 6.07) is 4.51. The molecule has 2 aromatic rings. The van der Waals surface area contributed by atoms with E-state index in [4.69, 9.17) is 11.6 Å². The van der Waals surface area contributed by atoms with E-state index in [2.05, 4.69) is 31.1 Å². The second-order valence-corrected chi connectivity index (χ2v) is 6.57. The number of benzene rings is 1. The largest absolute Gasteiger partial charge is 0.304 e. The van der Waals surface area contributed by atoms with Crippen LogP contribution in [0.1, 0.15) is 47.5 Å². The second kappa shape index (κ2) is 7.34. The predicted octanol–water partition coefficient (Wildman–Crippen LogP) is 4.90. The topological polar surface area (TPSA) is 24.9 Å². The van der Waals surface area contributed by atoms with Crippen molar-refractivity contribution in [2.75, 3.05) is 6.54 Å². The summed E-state index contributed by atoms with van der Waals surface area (Å²) in [7, 11) is 0. The lowest BCUT2D eigenvalue weighted by Gasteiger charge is -2.18. The molecule has 1 aromatic heterocycles. The third kappa shape index (κ3) is 3.62. The Bertz CT molecular complexity index is 592. The summed E-state index contributed by atoms with van der Waals surface area (Å²) in [4.78, 5) is 5.85. The molecule has 1 N–H and O–H groups in total. The van der Waals surface area contributed by atoms with Crippen molar-refractivity contribution in [1.29, 1.82) is 0 Å². The van der Waals surface area contributed by atoms with Gasteiger partial charge in [-0.15, -0.1) is 11.3 Å². The molecule has 0 aliphatic carbocycles. The third-order valence-electron chi connectivity index (χ3n) is 3.38. The average Bonchev–Trinajstić information content (AvgIpc) is 2.83. The maximum atomic E-state index is 14.3. The molecule has 1 atom stereocenters. The molecule has 0 aliphatic rings. The lowest BCUT2D eigenvalue weighted by atomic mass is 10.1. The molecule has 1 aromatic carbocycles. The van der Waals surface area contributed by atoms with E-state index >= 15 is 0 Å². The molecule has 0 saturated carbocycles. The van der Waals surface area contributed by atoms with E-state index in [1.807, 2.05) is 0 Å². The summed E-state index contributed by atoms with van der Waals surface area (Å²) in [5.41, 5.74) is 1.56. The van der Waals surface area contributed by atoms with Crippen LogP contribution < -0.4 is 5.32 Å². The van der Waals surface area contributed by atoms with Gasteiger partial charge in [-0.2, -0.15) is 0 Å². The van der Waals surface area contributed by atoms with Gasteiger partial charge < -0.3 is 5.32 Å². The van der Waals surface area contributed by atoms with E-state index in [0.29, 0.717) is 10.6 Å². The maximum Gasteiger partial charge on any atom is 0.129 e. The molecule has 0 bridgehead atoms. The number of rotatable bonds is 6. The number of nitrogens with one attached hydrogen (secondary N) is 1. The Morgan fingerprint density at radius 1 is 1.38 bits per heavy atom. The summed E-state index contributed by atoms with van der Waals surface area (Å²) < 4.78 is 14.3. The zero-order valence-corrected chi connectivity index (χ0v) is 14.1. The highest BCUT2D eigenvalue weighted by Gasteiger charge is 2.24. The molecule has 0 aliphatic heterocycles. The number of thiazole rings is 1. The number of hydrogen-bond acceptors (Lipinski definition) is 3. The Labute approximate surface area is 134 Å². The molecule has 0 saturated heterocycles. The van der Waals surface area contributed by atoms with E-state index in [1.54, 1.807) is 23.5 Å². The third-order valence-corrected chi connectivity index (χ3v) is 4.79. The Morgan fingerprint density at radius 3 is 2.71 bits per heavy atom. The van der Waals surface area contributed by atoms with Gasteiger partial charge in [0.15, 0.2) is 0 Å². The Hall–Kier alpha value is -0.970. The second-order valence-electron chi connectivity index (χ2n) is 4.93. The molecule has 0 amide bonds. The number of aromatic nitrogens is 1. The normalized spacial score (nSPS) is 12.6. The van der Waals surface area contributed by atoms with Gasteiger partial charge >= 0.3 is 0 Å². The first-order valence-electron chi connectivity index (χ1n) is 7.21. The molecule has 2 nitrogen and oxygen atoms in total. The van der Waals surface area contributed by atoms with Crippen molar-refractivity contribution in [2.45, 2.75) is 39.7 Å². The monoisotopic (exact) mass is 326 g/mol. The van der Waals surface area contributed by atoms with Crippen LogP contribution in [0, 0.1) is 12.7 Å². The highest BCUT2D eigenvalue weighted by molar-refractivity contribution is 7.11. The van der Waals surface area contributed by atoms with Gasteiger partial charge in [-0.25, -0.2) is 9.37 Å². The molecule has 1 unspecified atom stereocenters. The van der Waals surface area contributed by atoms with Crippen molar-refractivity contribution in [3.8, 4) is 0 Å². The van der Waals surface area contributed by atoms with Gasteiger partial charge in [-0.1, -0.05) is 31.5 Å². The molecule has 0 radical (unpaired) electrons. The molecule has 2 rings (SSSR count). The summed E-state index contributed by atoms with van der Waals surface area (Å²) in [5.74, 6) is -0.290. The number of hydrogen-bond donors (Lipinski definition) is 1. The van der Waals surface area contributed by atoms with Crippen molar-refractivity contribution in [3.63, 3.8) is 0 Å². The highest BCUT2D eigenvalue weighted by Crippen LogP contribution is 2.33. The molecular formula is C16H20ClFN2S. The first-order chi connectivity index (χ1) is 10.1. The fourth-order valence-electron chi connectivity index (χ4n) is 2.29. The smallest absolute Gasteiger partial charge is 0.129 e. The van der Waals surface area contributed by atoms with Crippen LogP contribution in [0.25, 0.3) is 0 Å². The van der Waals surface area contributed by atoms with Gasteiger partial charge in [-0.05, 0) is 38.4 Å². The van der Waals surface area contributed by atoms with Gasteiger partial charge in [0.2, 0.25) is 0 Å². The molecule has 0 spiro atoms. The molecule has 5 heteroatoms. The van der Waals surface area contributed by atoms with Crippen LogP contribution in [0.4, 0.5) is 4.39 Å². The molecular weight excluding hydrogens is 307 g/mol. The van der Waals surface area contributed by atoms with Crippen LogP contribution in [0.5, 0.6) is 0 Å². The highest BCUT2D eigenvalue weighted by atomic mass is 35.5. The Balaban J connectivity index is 2.47. The summed E-state index contributed by atoms with van der Waals surface area (Å²) in [6.45, 7) is 7.00. The first kappa shape index (κ1) is 16.4. The summed E-state index contributed by atoms with van der Waals surface area (Å²) in [5, 5.41) is 4.69. The van der Waals surface area contributed by atoms with Gasteiger partial charge in [0, 0.05) is 15.5 Å². The van der Waals surface area contributed by atoms with Gasteiger partial charge in [0.1, 0.15) is 10.8 Å². The van der Waals surface area contributed by atoms with Crippen LogP contribution in [0.3, 0.4) is 0 Å². The first-order valence-corrected chi connectivity index (χ1v) is 8.41. The van der Waals surface area contributed by atoms with Crippen LogP contribution >= 0.6 is 22.9 Å². The maximum absolute atomic E-state index is 14.3. The predicted molar refractivity (Wildman–Crippen MR) is 87.8 cm³/mol. The molecule has 114 valence electrons. The lowest BCUT2D eigenvalue weighted by Crippen LogP contribution is -2.24. The van der Waals surface area contributed by atoms with Gasteiger partial charge in [-0.3, -0.25) is 0 Å². The van der Waals surface area contributed by atoms with E-state index in [9.17, 15) is 4.39 Å². The number of aryl methyl sites for hydroxylation is 2. The van der Waals surface area contributed by atoms with E-state index in [1.165, 1.54) is 10.9 Å². The zero-order chi connectivity index (χ0) is 15.4. The van der Waals surface area contributed by atoms with E-state index in [0.717, 1.165) is 30.1 Å². The standard InChI is InChI=1S/C16H20ClFN2S/c1-4-9-19-15(14-11(17)7-6-8-12(14)18)16-20-13(5-2)10(3)21-16/h6-8,15,19H,4-5,9H2,1-3H3. The minimum atomic E-state index is -0.290. The molecule has 1 heterocycles. The average molecular weight is 327 g/mol. The lowest BCUT2D eigenvalue weighted by molar-refractivity contribution is 0.545. The number of nitrogens with zero attached hydrogens (tertiary/aromatic N) is 1. The van der Waals surface area contributed by atoms with Gasteiger partial charge in [0.05, 0.1) is 11.7 Å². The fraction of sp³-hybridized carbons (Fsp3) is 0.438. The van der Waals surface area contributed by atoms with Crippen molar-refractivity contribution in [1.82, 2.24) is 10.3 Å². The van der Waals surface area contributed by atoms with Gasteiger partial charge in [0.25, 0.3) is 0 Å². The molecule has 0 fully saturated rings. The quantitative estimate of drug-likeness (QED) is 0.817. The minimum absolute atomic E-state index is 0.289. The summed E-state index contributed by atoms with van der Waals surface area (Å²) in [6.07, 6.45) is 1.85. The van der Waals surface area contributed by atoms with Crippen molar-refractivity contribution < 1.29 is 4.39 Å². The number of halogens is 2. The Morgan fingerprint density at radius 2 is 2.14 bits per heavy atom. The van der Waals surface area contributed by atoms with E-state index in [-0.39, 0.29) is 11.9 Å². The van der Waals surface area contributed by atoms with Crippen molar-refractivity contribution in [3.05, 3.63) is 50.2 Å². The Kier molecular flexibility index (Phi) is 5.73.